The smallest absolute Gasteiger partial charge is 0.337 e. The molecule has 32 heavy (non-hydrogen) atoms. The number of amides is 1. The Kier molecular flexibility index (Phi) is 6.96. The number of halogens is 1. The number of aromatic nitrogens is 1. The molecule has 7 heteroatoms. The molecule has 1 N–H and O–H groups in total. The van der Waals surface area contributed by atoms with Gasteiger partial charge < -0.3 is 14.6 Å². The summed E-state index contributed by atoms with van der Waals surface area (Å²) in [5.41, 5.74) is 5.46. The molecule has 0 aliphatic carbocycles. The Morgan fingerprint density at radius 1 is 1.12 bits per heavy atom. The predicted octanol–water partition coefficient (Wildman–Crippen LogP) is 5.50. The second-order valence-corrected chi connectivity index (χ2v) is 8.20. The normalized spacial score (nSPS) is 11.1. The summed E-state index contributed by atoms with van der Waals surface area (Å²) in [6.45, 7) is 5.79. The number of rotatable bonds is 5. The van der Waals surface area contributed by atoms with Crippen LogP contribution in [0.2, 0.25) is 0 Å². The van der Waals surface area contributed by atoms with Gasteiger partial charge in [-0.15, -0.1) is 0 Å². The number of carbonyl (C=O) groups excluding carboxylic acids is 2. The fourth-order valence-electron chi connectivity index (χ4n) is 3.52. The Hall–Kier alpha value is -3.63. The molecule has 0 radical (unpaired) electrons. The molecule has 0 spiro atoms. The van der Waals surface area contributed by atoms with Gasteiger partial charge in [-0.25, -0.2) is 4.79 Å². The van der Waals surface area contributed by atoms with E-state index in [4.69, 9.17) is 4.74 Å². The van der Waals surface area contributed by atoms with E-state index in [1.807, 2.05) is 49.6 Å². The van der Waals surface area contributed by atoms with Crippen molar-refractivity contribution in [2.75, 3.05) is 12.4 Å². The highest BCUT2D eigenvalue weighted by Gasteiger charge is 2.16. The number of nitrogens with zero attached hydrogens (tertiary/aromatic N) is 2. The molecule has 0 saturated carbocycles. The van der Waals surface area contributed by atoms with Crippen molar-refractivity contribution in [3.8, 4) is 11.8 Å². The molecule has 1 heterocycles. The first-order chi connectivity index (χ1) is 15.2. The van der Waals surface area contributed by atoms with E-state index in [-0.39, 0.29) is 11.5 Å². The minimum atomic E-state index is -0.478. The highest BCUT2D eigenvalue weighted by molar-refractivity contribution is 9.10. The molecule has 0 fully saturated rings. The van der Waals surface area contributed by atoms with E-state index < -0.39 is 5.91 Å². The molecule has 3 aromatic rings. The number of benzene rings is 2. The Labute approximate surface area is 195 Å². The summed E-state index contributed by atoms with van der Waals surface area (Å²) in [7, 11) is 1.35. The van der Waals surface area contributed by atoms with E-state index in [1.54, 1.807) is 36.4 Å². The quantitative estimate of drug-likeness (QED) is 0.290. The van der Waals surface area contributed by atoms with E-state index in [0.29, 0.717) is 11.3 Å². The van der Waals surface area contributed by atoms with Gasteiger partial charge in [0.05, 0.1) is 12.7 Å². The highest BCUT2D eigenvalue weighted by atomic mass is 79.9. The molecule has 0 aliphatic rings. The lowest BCUT2D eigenvalue weighted by molar-refractivity contribution is -0.112. The number of nitrogens with one attached hydrogen (secondary N) is 1. The van der Waals surface area contributed by atoms with Gasteiger partial charge in [0.1, 0.15) is 11.6 Å². The van der Waals surface area contributed by atoms with Gasteiger partial charge in [0.2, 0.25) is 0 Å². The first kappa shape index (κ1) is 23.0. The van der Waals surface area contributed by atoms with Crippen molar-refractivity contribution in [2.24, 2.45) is 0 Å². The van der Waals surface area contributed by atoms with Crippen molar-refractivity contribution in [3.05, 3.63) is 86.7 Å². The molecule has 0 unspecified atom stereocenters. The molecule has 0 atom stereocenters. The largest absolute Gasteiger partial charge is 0.465 e. The molecule has 0 aliphatic heterocycles. The summed E-state index contributed by atoms with van der Waals surface area (Å²) in [4.78, 5) is 24.5. The zero-order valence-corrected chi connectivity index (χ0v) is 19.8. The number of hydrogen-bond acceptors (Lipinski definition) is 4. The first-order valence-electron chi connectivity index (χ1n) is 9.82. The number of methoxy groups -OCH3 is 1. The topological polar surface area (TPSA) is 84.1 Å². The van der Waals surface area contributed by atoms with Crippen LogP contribution >= 0.6 is 15.9 Å². The van der Waals surface area contributed by atoms with Crippen LogP contribution in [0.25, 0.3) is 11.8 Å². The SMILES string of the molecule is COC(=O)c1ccc(-n2c(C)cc(/C=C(/C#N)C(=O)Nc3cccc(Br)c3)c2C)c(C)c1. The van der Waals surface area contributed by atoms with E-state index in [2.05, 4.69) is 21.2 Å². The Bertz CT molecular complexity index is 1280. The number of ether oxygens (including phenoxy) is 1. The van der Waals surface area contributed by atoms with Crippen molar-refractivity contribution >= 4 is 39.6 Å². The van der Waals surface area contributed by atoms with Crippen molar-refractivity contribution in [3.63, 3.8) is 0 Å². The highest BCUT2D eigenvalue weighted by Crippen LogP contribution is 2.26. The average Bonchev–Trinajstić information content (AvgIpc) is 3.04. The lowest BCUT2D eigenvalue weighted by Gasteiger charge is -2.14. The molecular formula is C25H22BrN3O3. The third-order valence-corrected chi connectivity index (χ3v) is 5.57. The van der Waals surface area contributed by atoms with Crippen LogP contribution in [0.4, 0.5) is 5.69 Å². The standard InChI is InChI=1S/C25H22BrN3O3/c1-15-10-18(25(31)32-4)8-9-23(15)29-16(2)11-19(17(29)3)12-20(14-27)24(30)28-22-7-5-6-21(26)13-22/h5-13H,1-4H3,(H,28,30)/b20-12-. The van der Waals surface area contributed by atoms with E-state index in [9.17, 15) is 14.9 Å². The Morgan fingerprint density at radius 2 is 1.88 bits per heavy atom. The van der Waals surface area contributed by atoms with E-state index >= 15 is 0 Å². The molecular weight excluding hydrogens is 470 g/mol. The van der Waals surface area contributed by atoms with Crippen molar-refractivity contribution in [1.29, 1.82) is 5.26 Å². The maximum atomic E-state index is 12.6. The van der Waals surface area contributed by atoms with Crippen molar-refractivity contribution in [1.82, 2.24) is 4.57 Å². The molecule has 2 aromatic carbocycles. The van der Waals surface area contributed by atoms with Gasteiger partial charge in [-0.1, -0.05) is 22.0 Å². The van der Waals surface area contributed by atoms with Crippen LogP contribution < -0.4 is 5.32 Å². The van der Waals surface area contributed by atoms with Gasteiger partial charge in [0.25, 0.3) is 5.91 Å². The van der Waals surface area contributed by atoms with Gasteiger partial charge in [-0.3, -0.25) is 4.79 Å². The zero-order chi connectivity index (χ0) is 23.4. The Balaban J connectivity index is 1.96. The van der Waals surface area contributed by atoms with Crippen LogP contribution in [0.5, 0.6) is 0 Å². The number of anilines is 1. The number of nitriles is 1. The van der Waals surface area contributed by atoms with Gasteiger partial charge >= 0.3 is 5.97 Å². The minimum Gasteiger partial charge on any atom is -0.465 e. The Morgan fingerprint density at radius 3 is 2.50 bits per heavy atom. The fourth-order valence-corrected chi connectivity index (χ4v) is 3.92. The zero-order valence-electron chi connectivity index (χ0n) is 18.2. The molecule has 0 bridgehead atoms. The van der Waals surface area contributed by atoms with Crippen LogP contribution in [-0.4, -0.2) is 23.6 Å². The van der Waals surface area contributed by atoms with E-state index in [0.717, 1.165) is 32.7 Å². The lowest BCUT2D eigenvalue weighted by Crippen LogP contribution is -2.13. The van der Waals surface area contributed by atoms with Gasteiger partial charge in [0.15, 0.2) is 0 Å². The molecule has 0 saturated heterocycles. The van der Waals surface area contributed by atoms with E-state index in [1.165, 1.54) is 7.11 Å². The van der Waals surface area contributed by atoms with Crippen LogP contribution in [0.3, 0.4) is 0 Å². The number of esters is 1. The second kappa shape index (κ2) is 9.67. The van der Waals surface area contributed by atoms with Crippen LogP contribution in [-0.2, 0) is 9.53 Å². The third-order valence-electron chi connectivity index (χ3n) is 5.08. The predicted molar refractivity (Wildman–Crippen MR) is 128 cm³/mol. The first-order valence-corrected chi connectivity index (χ1v) is 10.6. The summed E-state index contributed by atoms with van der Waals surface area (Å²) in [6.07, 6.45) is 1.59. The number of aryl methyl sites for hydroxylation is 2. The molecule has 6 nitrogen and oxygen atoms in total. The molecule has 3 rings (SSSR count). The minimum absolute atomic E-state index is 0.00277. The third kappa shape index (κ3) is 4.82. The summed E-state index contributed by atoms with van der Waals surface area (Å²) >= 11 is 3.37. The molecule has 1 amide bonds. The summed E-state index contributed by atoms with van der Waals surface area (Å²) < 4.78 is 7.65. The van der Waals surface area contributed by atoms with Crippen molar-refractivity contribution < 1.29 is 14.3 Å². The summed E-state index contributed by atoms with van der Waals surface area (Å²) in [5.74, 6) is -0.867. The van der Waals surface area contributed by atoms with Gasteiger partial charge in [0, 0.05) is 27.2 Å². The molecule has 162 valence electrons. The van der Waals surface area contributed by atoms with Gasteiger partial charge in [-0.2, -0.15) is 5.26 Å². The van der Waals surface area contributed by atoms with Gasteiger partial charge in [-0.05, 0) is 80.4 Å². The number of hydrogen-bond donors (Lipinski definition) is 1. The number of carbonyl (C=O) groups is 2. The van der Waals surface area contributed by atoms with Crippen LogP contribution in [0, 0.1) is 32.1 Å². The summed E-state index contributed by atoms with van der Waals surface area (Å²) in [5, 5.41) is 12.3. The summed E-state index contributed by atoms with van der Waals surface area (Å²) in [6, 6.07) is 16.4. The lowest BCUT2D eigenvalue weighted by atomic mass is 10.1. The second-order valence-electron chi connectivity index (χ2n) is 7.29. The monoisotopic (exact) mass is 491 g/mol. The van der Waals surface area contributed by atoms with Crippen molar-refractivity contribution in [2.45, 2.75) is 20.8 Å². The van der Waals surface area contributed by atoms with Crippen LogP contribution in [0.1, 0.15) is 32.9 Å². The molecule has 1 aromatic heterocycles. The average molecular weight is 492 g/mol. The van der Waals surface area contributed by atoms with Crippen LogP contribution in [0.15, 0.2) is 58.6 Å². The maximum Gasteiger partial charge on any atom is 0.337 e. The fraction of sp³-hybridized carbons (Fsp3) is 0.160. The maximum absolute atomic E-state index is 12.6.